The lowest BCUT2D eigenvalue weighted by molar-refractivity contribution is 0.204. The van der Waals surface area contributed by atoms with Crippen molar-refractivity contribution in [3.8, 4) is 0 Å². The molecule has 21 heavy (non-hydrogen) atoms. The van der Waals surface area contributed by atoms with Crippen molar-refractivity contribution in [2.45, 2.75) is 32.4 Å². The highest BCUT2D eigenvalue weighted by Crippen LogP contribution is 2.22. The smallest absolute Gasteiger partial charge is 0.131 e. The van der Waals surface area contributed by atoms with Crippen LogP contribution in [0.2, 0.25) is 0 Å². The standard InChI is InChI=1S/C15H21N5S/c1-12-17-9-14(21-12)10-20-7-4-13(5-8-20)19(2)15-3-6-16-11-18-15/h3,6,9,11,13H,4-5,7-8,10H2,1-2H3. The zero-order valence-corrected chi connectivity index (χ0v) is 13.4. The second-order valence-corrected chi connectivity index (χ2v) is 6.85. The van der Waals surface area contributed by atoms with Gasteiger partial charge in [-0.3, -0.25) is 4.90 Å². The van der Waals surface area contributed by atoms with Crippen molar-refractivity contribution >= 4 is 17.2 Å². The molecule has 0 spiro atoms. The summed E-state index contributed by atoms with van der Waals surface area (Å²) in [5.74, 6) is 1.02. The Hall–Kier alpha value is -1.53. The molecule has 6 heteroatoms. The maximum absolute atomic E-state index is 4.34. The molecular formula is C15H21N5S. The van der Waals surface area contributed by atoms with Gasteiger partial charge in [-0.1, -0.05) is 0 Å². The van der Waals surface area contributed by atoms with Crippen molar-refractivity contribution in [2.75, 3.05) is 25.0 Å². The summed E-state index contributed by atoms with van der Waals surface area (Å²) < 4.78 is 0. The molecule has 2 aromatic heterocycles. The molecule has 0 bridgehead atoms. The number of piperidine rings is 1. The average molecular weight is 303 g/mol. The molecule has 1 fully saturated rings. The number of nitrogens with zero attached hydrogens (tertiary/aromatic N) is 5. The normalized spacial score (nSPS) is 17.0. The van der Waals surface area contributed by atoms with Crippen LogP contribution in [0, 0.1) is 6.92 Å². The second kappa shape index (κ2) is 6.49. The Labute approximate surface area is 129 Å². The lowest BCUT2D eigenvalue weighted by Gasteiger charge is -2.37. The molecule has 0 aromatic carbocycles. The molecule has 0 N–H and O–H groups in total. The van der Waals surface area contributed by atoms with Crippen LogP contribution in [0.25, 0.3) is 0 Å². The molecule has 1 aliphatic rings. The van der Waals surface area contributed by atoms with Crippen LogP contribution < -0.4 is 4.90 Å². The van der Waals surface area contributed by atoms with Gasteiger partial charge in [0.25, 0.3) is 0 Å². The molecule has 0 aliphatic carbocycles. The van der Waals surface area contributed by atoms with E-state index in [4.69, 9.17) is 0 Å². The van der Waals surface area contributed by atoms with E-state index in [0.29, 0.717) is 6.04 Å². The van der Waals surface area contributed by atoms with Gasteiger partial charge in [0.15, 0.2) is 0 Å². The van der Waals surface area contributed by atoms with Gasteiger partial charge < -0.3 is 4.90 Å². The van der Waals surface area contributed by atoms with Crippen LogP contribution in [0.1, 0.15) is 22.7 Å². The van der Waals surface area contributed by atoms with Crippen LogP contribution in [0.3, 0.4) is 0 Å². The van der Waals surface area contributed by atoms with E-state index in [0.717, 1.165) is 30.5 Å². The summed E-state index contributed by atoms with van der Waals surface area (Å²) in [7, 11) is 2.13. The van der Waals surface area contributed by atoms with E-state index in [1.807, 2.05) is 12.3 Å². The number of rotatable bonds is 4. The average Bonchev–Trinajstić information content (AvgIpc) is 2.93. The Bertz CT molecular complexity index is 562. The van der Waals surface area contributed by atoms with Gasteiger partial charge in [0.1, 0.15) is 12.1 Å². The Kier molecular flexibility index (Phi) is 4.45. The largest absolute Gasteiger partial charge is 0.356 e. The minimum Gasteiger partial charge on any atom is -0.356 e. The highest BCUT2D eigenvalue weighted by Gasteiger charge is 2.23. The summed E-state index contributed by atoms with van der Waals surface area (Å²) in [6.45, 7) is 5.38. The summed E-state index contributed by atoms with van der Waals surface area (Å²) in [6, 6.07) is 2.55. The molecule has 3 heterocycles. The third kappa shape index (κ3) is 3.57. The fourth-order valence-corrected chi connectivity index (χ4v) is 3.68. The maximum atomic E-state index is 4.34. The first-order valence-corrected chi connectivity index (χ1v) is 8.16. The van der Waals surface area contributed by atoms with Crippen molar-refractivity contribution in [2.24, 2.45) is 0 Å². The lowest BCUT2D eigenvalue weighted by Crippen LogP contribution is -2.43. The first kappa shape index (κ1) is 14.4. The highest BCUT2D eigenvalue weighted by atomic mass is 32.1. The van der Waals surface area contributed by atoms with E-state index in [-0.39, 0.29) is 0 Å². The lowest BCUT2D eigenvalue weighted by atomic mass is 10.0. The Balaban J connectivity index is 1.53. The molecule has 112 valence electrons. The van der Waals surface area contributed by atoms with E-state index >= 15 is 0 Å². The van der Waals surface area contributed by atoms with E-state index in [9.17, 15) is 0 Å². The summed E-state index contributed by atoms with van der Waals surface area (Å²) in [5.41, 5.74) is 0. The molecule has 0 saturated carbocycles. The fraction of sp³-hybridized carbons (Fsp3) is 0.533. The first-order chi connectivity index (χ1) is 10.2. The predicted octanol–water partition coefficient (Wildman–Crippen LogP) is 2.34. The summed E-state index contributed by atoms with van der Waals surface area (Å²) >= 11 is 1.81. The van der Waals surface area contributed by atoms with E-state index < -0.39 is 0 Å². The van der Waals surface area contributed by atoms with E-state index in [1.165, 1.54) is 17.7 Å². The van der Waals surface area contributed by atoms with Crippen molar-refractivity contribution in [1.82, 2.24) is 19.9 Å². The third-order valence-electron chi connectivity index (χ3n) is 4.08. The second-order valence-electron chi connectivity index (χ2n) is 5.53. The van der Waals surface area contributed by atoms with Crippen LogP contribution in [0.4, 0.5) is 5.82 Å². The minimum atomic E-state index is 0.569. The molecule has 2 aromatic rings. The van der Waals surface area contributed by atoms with Gasteiger partial charge in [0, 0.05) is 50.0 Å². The molecule has 3 rings (SSSR count). The summed E-state index contributed by atoms with van der Waals surface area (Å²) in [6.07, 6.45) is 7.79. The minimum absolute atomic E-state index is 0.569. The van der Waals surface area contributed by atoms with Gasteiger partial charge in [-0.2, -0.15) is 0 Å². The van der Waals surface area contributed by atoms with Crippen molar-refractivity contribution < 1.29 is 0 Å². The van der Waals surface area contributed by atoms with Crippen molar-refractivity contribution in [3.63, 3.8) is 0 Å². The van der Waals surface area contributed by atoms with Gasteiger partial charge in [-0.15, -0.1) is 11.3 Å². The maximum Gasteiger partial charge on any atom is 0.131 e. The van der Waals surface area contributed by atoms with Crippen LogP contribution in [-0.4, -0.2) is 46.0 Å². The Morgan fingerprint density at radius 1 is 1.33 bits per heavy atom. The number of aromatic nitrogens is 3. The van der Waals surface area contributed by atoms with Gasteiger partial charge in [0.05, 0.1) is 5.01 Å². The number of likely N-dealkylation sites (tertiary alicyclic amines) is 1. The number of anilines is 1. The number of aryl methyl sites for hydroxylation is 1. The van der Waals surface area contributed by atoms with E-state index in [2.05, 4.69) is 38.7 Å². The molecule has 0 unspecified atom stereocenters. The summed E-state index contributed by atoms with van der Waals surface area (Å²) in [5, 5.41) is 1.16. The molecule has 0 radical (unpaired) electrons. The van der Waals surface area contributed by atoms with E-state index in [1.54, 1.807) is 23.9 Å². The van der Waals surface area contributed by atoms with Crippen LogP contribution in [0.15, 0.2) is 24.8 Å². The summed E-state index contributed by atoms with van der Waals surface area (Å²) in [4.78, 5) is 18.8. The Morgan fingerprint density at radius 2 is 2.14 bits per heavy atom. The SMILES string of the molecule is Cc1ncc(CN2CCC(N(C)c3ccncn3)CC2)s1. The van der Waals surface area contributed by atoms with Crippen LogP contribution in [-0.2, 0) is 6.54 Å². The van der Waals surface area contributed by atoms with Crippen molar-refractivity contribution in [3.05, 3.63) is 34.7 Å². The molecule has 5 nitrogen and oxygen atoms in total. The fourth-order valence-electron chi connectivity index (χ4n) is 2.84. The third-order valence-corrected chi connectivity index (χ3v) is 4.98. The highest BCUT2D eigenvalue weighted by molar-refractivity contribution is 7.11. The van der Waals surface area contributed by atoms with Gasteiger partial charge in [-0.05, 0) is 25.8 Å². The molecule has 0 amide bonds. The molecule has 1 saturated heterocycles. The topological polar surface area (TPSA) is 45.2 Å². The first-order valence-electron chi connectivity index (χ1n) is 7.35. The molecular weight excluding hydrogens is 282 g/mol. The number of thiazole rings is 1. The predicted molar refractivity (Wildman–Crippen MR) is 85.6 cm³/mol. The zero-order chi connectivity index (χ0) is 14.7. The van der Waals surface area contributed by atoms with Crippen LogP contribution >= 0.6 is 11.3 Å². The quantitative estimate of drug-likeness (QED) is 0.867. The Morgan fingerprint density at radius 3 is 2.76 bits per heavy atom. The molecule has 1 aliphatic heterocycles. The number of hydrogen-bond acceptors (Lipinski definition) is 6. The van der Waals surface area contributed by atoms with Gasteiger partial charge in [-0.25, -0.2) is 15.0 Å². The number of hydrogen-bond donors (Lipinski definition) is 0. The van der Waals surface area contributed by atoms with Crippen molar-refractivity contribution in [1.29, 1.82) is 0 Å². The monoisotopic (exact) mass is 303 g/mol. The van der Waals surface area contributed by atoms with Gasteiger partial charge >= 0.3 is 0 Å². The van der Waals surface area contributed by atoms with Crippen LogP contribution in [0.5, 0.6) is 0 Å². The van der Waals surface area contributed by atoms with Gasteiger partial charge in [0.2, 0.25) is 0 Å². The zero-order valence-electron chi connectivity index (χ0n) is 12.6. The molecule has 0 atom stereocenters.